The van der Waals surface area contributed by atoms with Gasteiger partial charge in [-0.15, -0.1) is 11.8 Å². The van der Waals surface area contributed by atoms with E-state index in [2.05, 4.69) is 0 Å². The zero-order valence-corrected chi connectivity index (χ0v) is 15.1. The third kappa shape index (κ3) is 4.88. The van der Waals surface area contributed by atoms with Gasteiger partial charge in [-0.3, -0.25) is 4.79 Å². The molecule has 23 heavy (non-hydrogen) atoms. The Morgan fingerprint density at radius 1 is 1.30 bits per heavy atom. The molecule has 1 fully saturated rings. The summed E-state index contributed by atoms with van der Waals surface area (Å²) in [6.07, 6.45) is 7.51. The second-order valence-electron chi connectivity index (χ2n) is 5.72. The highest BCUT2D eigenvalue weighted by atomic mass is 35.5. The molecule has 0 heterocycles. The minimum Gasteiger partial charge on any atom is -0.452 e. The van der Waals surface area contributed by atoms with E-state index in [0.29, 0.717) is 10.6 Å². The van der Waals surface area contributed by atoms with Crippen LogP contribution in [0.5, 0.6) is 0 Å². The highest BCUT2D eigenvalue weighted by Gasteiger charge is 2.23. The molecule has 0 atom stereocenters. The van der Waals surface area contributed by atoms with E-state index in [4.69, 9.17) is 16.3 Å². The molecular weight excluding hydrogens is 334 g/mol. The Labute approximate surface area is 146 Å². The van der Waals surface area contributed by atoms with Crippen LogP contribution in [-0.4, -0.2) is 42.7 Å². The standard InChI is InChI=1S/C17H22ClNO3S/c1-19(12-6-4-3-5-7-12)16(20)11-22-17(21)14-10-13(23-2)8-9-15(14)18/h8-10,12H,3-7,11H2,1-2H3. The summed E-state index contributed by atoms with van der Waals surface area (Å²) >= 11 is 7.56. The van der Waals surface area contributed by atoms with Gasteiger partial charge < -0.3 is 9.64 Å². The van der Waals surface area contributed by atoms with Crippen LogP contribution in [0.4, 0.5) is 0 Å². The lowest BCUT2D eigenvalue weighted by molar-refractivity contribution is -0.135. The van der Waals surface area contributed by atoms with Crippen molar-refractivity contribution in [3.8, 4) is 0 Å². The van der Waals surface area contributed by atoms with Crippen LogP contribution in [0.2, 0.25) is 5.02 Å². The van der Waals surface area contributed by atoms with Gasteiger partial charge >= 0.3 is 5.97 Å². The van der Waals surface area contributed by atoms with Crippen molar-refractivity contribution in [1.29, 1.82) is 0 Å². The highest BCUT2D eigenvalue weighted by molar-refractivity contribution is 7.98. The van der Waals surface area contributed by atoms with E-state index in [9.17, 15) is 9.59 Å². The fourth-order valence-corrected chi connectivity index (χ4v) is 3.40. The van der Waals surface area contributed by atoms with E-state index in [1.165, 1.54) is 18.2 Å². The number of esters is 1. The fourth-order valence-electron chi connectivity index (χ4n) is 2.77. The Bertz CT molecular complexity index is 573. The van der Waals surface area contributed by atoms with Crippen molar-refractivity contribution in [2.24, 2.45) is 0 Å². The number of carbonyl (C=O) groups excluding carboxylic acids is 2. The number of amides is 1. The first-order valence-corrected chi connectivity index (χ1v) is 9.39. The predicted molar refractivity (Wildman–Crippen MR) is 93.2 cm³/mol. The quantitative estimate of drug-likeness (QED) is 0.591. The topological polar surface area (TPSA) is 46.6 Å². The summed E-state index contributed by atoms with van der Waals surface area (Å²) in [5, 5.41) is 0.334. The van der Waals surface area contributed by atoms with E-state index in [1.54, 1.807) is 24.1 Å². The van der Waals surface area contributed by atoms with Gasteiger partial charge in [0, 0.05) is 18.0 Å². The minimum atomic E-state index is -0.559. The summed E-state index contributed by atoms with van der Waals surface area (Å²) in [6.45, 7) is -0.244. The summed E-state index contributed by atoms with van der Waals surface area (Å²) in [4.78, 5) is 27.0. The first kappa shape index (κ1) is 18.1. The van der Waals surface area contributed by atoms with Crippen LogP contribution >= 0.6 is 23.4 Å². The van der Waals surface area contributed by atoms with Crippen molar-refractivity contribution in [2.45, 2.75) is 43.0 Å². The number of likely N-dealkylation sites (N-methyl/N-ethyl adjacent to an activating group) is 1. The van der Waals surface area contributed by atoms with Crippen molar-refractivity contribution in [2.75, 3.05) is 19.9 Å². The third-order valence-corrected chi connectivity index (χ3v) is 5.29. The summed E-state index contributed by atoms with van der Waals surface area (Å²) in [5.74, 6) is -0.723. The molecule has 126 valence electrons. The van der Waals surface area contributed by atoms with Gasteiger partial charge in [-0.1, -0.05) is 30.9 Å². The first-order valence-electron chi connectivity index (χ1n) is 7.79. The molecule has 0 saturated heterocycles. The maximum absolute atomic E-state index is 12.2. The number of carbonyl (C=O) groups is 2. The normalized spacial score (nSPS) is 15.3. The number of hydrogen-bond acceptors (Lipinski definition) is 4. The second-order valence-corrected chi connectivity index (χ2v) is 7.01. The Balaban J connectivity index is 1.91. The van der Waals surface area contributed by atoms with Crippen LogP contribution in [0.15, 0.2) is 23.1 Å². The van der Waals surface area contributed by atoms with Gasteiger partial charge in [-0.25, -0.2) is 4.79 Å². The van der Waals surface area contributed by atoms with Gasteiger partial charge in [0.05, 0.1) is 10.6 Å². The van der Waals surface area contributed by atoms with E-state index >= 15 is 0 Å². The lowest BCUT2D eigenvalue weighted by Crippen LogP contribution is -2.40. The highest BCUT2D eigenvalue weighted by Crippen LogP contribution is 2.24. The number of halogens is 1. The minimum absolute atomic E-state index is 0.164. The van der Waals surface area contributed by atoms with Crippen LogP contribution in [-0.2, 0) is 9.53 Å². The molecular formula is C17H22ClNO3S. The van der Waals surface area contributed by atoms with Gasteiger partial charge in [0.25, 0.3) is 5.91 Å². The molecule has 2 rings (SSSR count). The summed E-state index contributed by atoms with van der Waals surface area (Å²) in [6, 6.07) is 5.45. The Kier molecular flexibility index (Phi) is 6.78. The molecule has 0 aliphatic heterocycles. The van der Waals surface area contributed by atoms with Gasteiger partial charge in [0.15, 0.2) is 6.61 Å². The maximum atomic E-state index is 12.2. The van der Waals surface area contributed by atoms with Crippen LogP contribution in [0.25, 0.3) is 0 Å². The molecule has 1 amide bonds. The molecule has 1 aliphatic rings. The maximum Gasteiger partial charge on any atom is 0.340 e. The SMILES string of the molecule is CSc1ccc(Cl)c(C(=O)OCC(=O)N(C)C2CCCCC2)c1. The Morgan fingerprint density at radius 2 is 2.00 bits per heavy atom. The van der Waals surface area contributed by atoms with Crippen molar-refractivity contribution in [1.82, 2.24) is 4.90 Å². The van der Waals surface area contributed by atoms with Gasteiger partial charge in [-0.2, -0.15) is 0 Å². The number of ether oxygens (including phenoxy) is 1. The Hall–Kier alpha value is -1.20. The lowest BCUT2D eigenvalue weighted by Gasteiger charge is -2.31. The summed E-state index contributed by atoms with van der Waals surface area (Å²) in [7, 11) is 1.79. The second kappa shape index (κ2) is 8.60. The van der Waals surface area contributed by atoms with Crippen LogP contribution in [0.1, 0.15) is 42.5 Å². The summed E-state index contributed by atoms with van der Waals surface area (Å²) < 4.78 is 5.16. The molecule has 0 spiro atoms. The fraction of sp³-hybridized carbons (Fsp3) is 0.529. The predicted octanol–water partition coefficient (Wildman–Crippen LogP) is 4.01. The molecule has 1 saturated carbocycles. The van der Waals surface area contributed by atoms with Gasteiger partial charge in [0.2, 0.25) is 0 Å². The van der Waals surface area contributed by atoms with E-state index < -0.39 is 5.97 Å². The molecule has 1 aromatic carbocycles. The number of rotatable bonds is 5. The van der Waals surface area contributed by atoms with Crippen molar-refractivity contribution < 1.29 is 14.3 Å². The molecule has 4 nitrogen and oxygen atoms in total. The van der Waals surface area contributed by atoms with Crippen molar-refractivity contribution in [3.05, 3.63) is 28.8 Å². The van der Waals surface area contributed by atoms with Crippen molar-refractivity contribution >= 4 is 35.2 Å². The summed E-state index contributed by atoms with van der Waals surface area (Å²) in [5.41, 5.74) is 0.298. The molecule has 6 heteroatoms. The van der Waals surface area contributed by atoms with E-state index in [-0.39, 0.29) is 18.6 Å². The molecule has 0 N–H and O–H groups in total. The third-order valence-electron chi connectivity index (χ3n) is 4.24. The van der Waals surface area contributed by atoms with Gasteiger partial charge in [0.1, 0.15) is 0 Å². The molecule has 1 aliphatic carbocycles. The monoisotopic (exact) mass is 355 g/mol. The molecule has 0 unspecified atom stereocenters. The number of thioether (sulfide) groups is 1. The lowest BCUT2D eigenvalue weighted by atomic mass is 9.94. The van der Waals surface area contributed by atoms with Crippen LogP contribution in [0.3, 0.4) is 0 Å². The zero-order chi connectivity index (χ0) is 16.8. The van der Waals surface area contributed by atoms with Crippen molar-refractivity contribution in [3.63, 3.8) is 0 Å². The average molecular weight is 356 g/mol. The van der Waals surface area contributed by atoms with E-state index in [1.807, 2.05) is 12.3 Å². The molecule has 0 aromatic heterocycles. The molecule has 0 bridgehead atoms. The molecule has 0 radical (unpaired) electrons. The van der Waals surface area contributed by atoms with E-state index in [0.717, 1.165) is 30.6 Å². The molecule has 1 aromatic rings. The number of hydrogen-bond donors (Lipinski definition) is 0. The largest absolute Gasteiger partial charge is 0.452 e. The first-order chi connectivity index (χ1) is 11.0. The smallest absolute Gasteiger partial charge is 0.340 e. The van der Waals surface area contributed by atoms with Crippen LogP contribution < -0.4 is 0 Å². The average Bonchev–Trinajstić information content (AvgIpc) is 2.59. The Morgan fingerprint density at radius 3 is 2.65 bits per heavy atom. The number of benzene rings is 1. The zero-order valence-electron chi connectivity index (χ0n) is 13.5. The van der Waals surface area contributed by atoms with Crippen LogP contribution in [0, 0.1) is 0 Å². The number of nitrogens with zero attached hydrogens (tertiary/aromatic N) is 1. The van der Waals surface area contributed by atoms with Gasteiger partial charge in [-0.05, 0) is 37.3 Å².